The largest absolute Gasteiger partial charge is 0.481 e. The Labute approximate surface area is 164 Å². The Balaban J connectivity index is 1.77. The molecule has 0 N–H and O–H groups in total. The second-order valence-corrected chi connectivity index (χ2v) is 6.36. The smallest absolute Gasteiger partial charge is 0.344 e. The number of hydrogen-bond acceptors (Lipinski definition) is 5. The van der Waals surface area contributed by atoms with Gasteiger partial charge in [-0.25, -0.2) is 4.79 Å². The number of benzene rings is 2. The topological polar surface area (TPSA) is 61.8 Å². The van der Waals surface area contributed by atoms with Crippen LogP contribution >= 0.6 is 0 Å². The first kappa shape index (κ1) is 19.4. The summed E-state index contributed by atoms with van der Waals surface area (Å²) in [5, 5.41) is 0. The summed E-state index contributed by atoms with van der Waals surface area (Å²) in [5.41, 5.74) is 3.27. The van der Waals surface area contributed by atoms with Gasteiger partial charge in [-0.1, -0.05) is 43.8 Å². The molecule has 0 unspecified atom stereocenters. The Bertz CT molecular complexity index is 938. The van der Waals surface area contributed by atoms with Crippen LogP contribution in [-0.2, 0) is 16.0 Å². The average molecular weight is 378 g/mol. The highest BCUT2D eigenvalue weighted by Crippen LogP contribution is 2.39. The van der Waals surface area contributed by atoms with E-state index in [1.54, 1.807) is 25.1 Å². The van der Waals surface area contributed by atoms with Gasteiger partial charge in [0, 0.05) is 5.56 Å². The Morgan fingerprint density at radius 1 is 1.18 bits per heavy atom. The maximum atomic E-state index is 12.7. The number of ether oxygens (including phenoxy) is 3. The number of allylic oxidation sites excluding steroid dienone is 1. The maximum Gasteiger partial charge on any atom is 0.344 e. The molecule has 0 saturated heterocycles. The van der Waals surface area contributed by atoms with Crippen molar-refractivity contribution in [3.8, 4) is 11.5 Å². The zero-order valence-electron chi connectivity index (χ0n) is 16.0. The molecule has 0 aliphatic carbocycles. The van der Waals surface area contributed by atoms with Gasteiger partial charge in [0.15, 0.2) is 12.4 Å². The van der Waals surface area contributed by atoms with Gasteiger partial charge in [-0.2, -0.15) is 0 Å². The quantitative estimate of drug-likeness (QED) is 0.409. The molecule has 5 nitrogen and oxygen atoms in total. The number of carbonyl (C=O) groups excluding carboxylic acids is 2. The van der Waals surface area contributed by atoms with Gasteiger partial charge in [-0.3, -0.25) is 4.79 Å². The van der Waals surface area contributed by atoms with E-state index >= 15 is 0 Å². The molecule has 0 bridgehead atoms. The van der Waals surface area contributed by atoms with Crippen molar-refractivity contribution in [3.63, 3.8) is 0 Å². The first-order valence-corrected chi connectivity index (χ1v) is 9.09. The summed E-state index contributed by atoms with van der Waals surface area (Å²) >= 11 is 0. The van der Waals surface area contributed by atoms with Gasteiger partial charge in [-0.05, 0) is 42.7 Å². The van der Waals surface area contributed by atoms with E-state index in [1.165, 1.54) is 11.6 Å². The number of hydrogen-bond donors (Lipinski definition) is 0. The van der Waals surface area contributed by atoms with Crippen LogP contribution in [0.5, 0.6) is 11.5 Å². The average Bonchev–Trinajstić information content (AvgIpc) is 3.03. The molecule has 0 spiro atoms. The molecule has 3 rings (SSSR count). The van der Waals surface area contributed by atoms with E-state index in [0.717, 1.165) is 12.0 Å². The molecule has 2 aromatic rings. The van der Waals surface area contributed by atoms with Crippen LogP contribution in [0.1, 0.15) is 34.0 Å². The first-order chi connectivity index (χ1) is 13.5. The number of rotatable bonds is 7. The summed E-state index contributed by atoms with van der Waals surface area (Å²) in [5.74, 6) is 0.529. The highest BCUT2D eigenvalue weighted by molar-refractivity contribution is 6.14. The van der Waals surface area contributed by atoms with Gasteiger partial charge >= 0.3 is 5.97 Å². The summed E-state index contributed by atoms with van der Waals surface area (Å²) < 4.78 is 16.2. The van der Waals surface area contributed by atoms with Crippen LogP contribution in [0.2, 0.25) is 0 Å². The van der Waals surface area contributed by atoms with Gasteiger partial charge in [-0.15, -0.1) is 0 Å². The minimum atomic E-state index is -0.493. The molecular weight excluding hydrogens is 356 g/mol. The van der Waals surface area contributed by atoms with Crippen molar-refractivity contribution in [1.82, 2.24) is 0 Å². The summed E-state index contributed by atoms with van der Waals surface area (Å²) in [7, 11) is 0. The van der Waals surface area contributed by atoms with Crippen molar-refractivity contribution in [2.75, 3.05) is 13.2 Å². The maximum absolute atomic E-state index is 12.7. The second kappa shape index (κ2) is 8.57. The number of carbonyl (C=O) groups is 2. The number of aryl methyl sites for hydroxylation is 1. The monoisotopic (exact) mass is 378 g/mol. The molecule has 0 atom stereocenters. The molecule has 0 amide bonds. The molecule has 144 valence electrons. The van der Waals surface area contributed by atoms with Crippen molar-refractivity contribution in [2.24, 2.45) is 0 Å². The van der Waals surface area contributed by atoms with Gasteiger partial charge in [0.1, 0.15) is 18.1 Å². The number of esters is 1. The minimum absolute atomic E-state index is 0.135. The third-order valence-electron chi connectivity index (χ3n) is 4.43. The lowest BCUT2D eigenvalue weighted by Crippen LogP contribution is -2.15. The summed E-state index contributed by atoms with van der Waals surface area (Å²) in [6.07, 6.45) is 4.18. The number of Topliss-reactive ketones (excluding diaryl/α,β-unsaturated/α-hetero) is 1. The van der Waals surface area contributed by atoms with Crippen LogP contribution in [0.15, 0.2) is 54.8 Å². The van der Waals surface area contributed by atoms with E-state index in [4.69, 9.17) is 14.2 Å². The standard InChI is InChI=1S/C23H22O5/c1-4-12-26-21(24)14-27-19-11-10-18-22(25)20(28-23(18)15(19)3)13-17-8-6-16(5-2)7-9-17/h4,6-11,13H,1,5,12,14H2,2-3H3/b20-13-. The fourth-order valence-corrected chi connectivity index (χ4v) is 2.86. The number of fused-ring (bicyclic) bond motifs is 1. The lowest BCUT2D eigenvalue weighted by molar-refractivity contribution is -0.144. The first-order valence-electron chi connectivity index (χ1n) is 9.09. The molecule has 1 heterocycles. The Morgan fingerprint density at radius 3 is 2.61 bits per heavy atom. The molecular formula is C23H22O5. The van der Waals surface area contributed by atoms with Crippen LogP contribution < -0.4 is 9.47 Å². The fourth-order valence-electron chi connectivity index (χ4n) is 2.86. The predicted molar refractivity (Wildman–Crippen MR) is 107 cm³/mol. The van der Waals surface area contributed by atoms with Crippen LogP contribution in [0.4, 0.5) is 0 Å². The molecule has 1 aliphatic heterocycles. The normalized spacial score (nSPS) is 13.8. The summed E-state index contributed by atoms with van der Waals surface area (Å²) in [6, 6.07) is 11.3. The van der Waals surface area contributed by atoms with Crippen LogP contribution in [0.25, 0.3) is 6.08 Å². The van der Waals surface area contributed by atoms with Crippen molar-refractivity contribution in [3.05, 3.63) is 77.1 Å². The SMILES string of the molecule is C=CCOC(=O)COc1ccc2c(c1C)O/C(=C\c1ccc(CC)cc1)C2=O. The lowest BCUT2D eigenvalue weighted by Gasteiger charge is -2.10. The van der Waals surface area contributed by atoms with Gasteiger partial charge < -0.3 is 14.2 Å². The van der Waals surface area contributed by atoms with E-state index in [0.29, 0.717) is 22.6 Å². The molecule has 5 heteroatoms. The Kier molecular flexibility index (Phi) is 5.94. The van der Waals surface area contributed by atoms with Gasteiger partial charge in [0.25, 0.3) is 0 Å². The Morgan fingerprint density at radius 2 is 1.93 bits per heavy atom. The van der Waals surface area contributed by atoms with E-state index < -0.39 is 5.97 Å². The zero-order chi connectivity index (χ0) is 20.1. The number of ketones is 1. The molecule has 1 aliphatic rings. The second-order valence-electron chi connectivity index (χ2n) is 6.36. The molecule has 28 heavy (non-hydrogen) atoms. The zero-order valence-corrected chi connectivity index (χ0v) is 16.0. The summed E-state index contributed by atoms with van der Waals surface area (Å²) in [6.45, 7) is 7.27. The molecule has 0 radical (unpaired) electrons. The van der Waals surface area contributed by atoms with Gasteiger partial charge in [0.05, 0.1) is 5.56 Å². The third kappa shape index (κ3) is 4.14. The van der Waals surface area contributed by atoms with Crippen LogP contribution in [0, 0.1) is 6.92 Å². The van der Waals surface area contributed by atoms with E-state index in [2.05, 4.69) is 13.5 Å². The van der Waals surface area contributed by atoms with Crippen molar-refractivity contribution >= 4 is 17.8 Å². The highest BCUT2D eigenvalue weighted by Gasteiger charge is 2.30. The fraction of sp³-hybridized carbons (Fsp3) is 0.217. The van der Waals surface area contributed by atoms with Crippen molar-refractivity contribution in [2.45, 2.75) is 20.3 Å². The highest BCUT2D eigenvalue weighted by atomic mass is 16.6. The molecule has 0 fully saturated rings. The summed E-state index contributed by atoms with van der Waals surface area (Å²) in [4.78, 5) is 24.2. The molecule has 2 aromatic carbocycles. The van der Waals surface area contributed by atoms with Crippen molar-refractivity contribution < 1.29 is 23.8 Å². The predicted octanol–water partition coefficient (Wildman–Crippen LogP) is 4.28. The lowest BCUT2D eigenvalue weighted by atomic mass is 10.0. The minimum Gasteiger partial charge on any atom is -0.481 e. The molecule has 0 saturated carbocycles. The Hall–Kier alpha value is -3.34. The molecule has 0 aromatic heterocycles. The third-order valence-corrected chi connectivity index (χ3v) is 4.43. The van der Waals surface area contributed by atoms with E-state index in [-0.39, 0.29) is 24.8 Å². The van der Waals surface area contributed by atoms with Gasteiger partial charge in [0.2, 0.25) is 5.78 Å². The van der Waals surface area contributed by atoms with E-state index in [9.17, 15) is 9.59 Å². The van der Waals surface area contributed by atoms with Crippen LogP contribution in [-0.4, -0.2) is 25.0 Å². The van der Waals surface area contributed by atoms with Crippen molar-refractivity contribution in [1.29, 1.82) is 0 Å². The van der Waals surface area contributed by atoms with Crippen LogP contribution in [0.3, 0.4) is 0 Å². The van der Waals surface area contributed by atoms with E-state index in [1.807, 2.05) is 24.3 Å².